The summed E-state index contributed by atoms with van der Waals surface area (Å²) < 4.78 is 40.0. The zero-order chi connectivity index (χ0) is 24.0. The van der Waals surface area contributed by atoms with Crippen LogP contribution in [0.3, 0.4) is 0 Å². The van der Waals surface area contributed by atoms with Gasteiger partial charge in [-0.2, -0.15) is 0 Å². The fourth-order valence-electron chi connectivity index (χ4n) is 4.41. The van der Waals surface area contributed by atoms with E-state index in [1.165, 1.54) is 7.11 Å². The quantitative estimate of drug-likeness (QED) is 0.685. The van der Waals surface area contributed by atoms with Crippen LogP contribution in [-0.4, -0.2) is 37.1 Å². The largest absolute Gasteiger partial charge is 0.493 e. The molecule has 0 spiro atoms. The number of carbonyl (C=O) groups is 2. The van der Waals surface area contributed by atoms with Gasteiger partial charge < -0.3 is 19.3 Å². The second kappa shape index (κ2) is 7.67. The number of carboxylic acid groups (broad SMARTS) is 1. The van der Waals surface area contributed by atoms with Gasteiger partial charge in [0.05, 0.1) is 18.3 Å². The van der Waals surface area contributed by atoms with Gasteiger partial charge >= 0.3 is 5.97 Å². The Morgan fingerprint density at radius 2 is 1.90 bits per heavy atom. The Morgan fingerprint density at radius 3 is 2.53 bits per heavy atom. The van der Waals surface area contributed by atoms with E-state index in [1.54, 1.807) is 24.3 Å². The standard InChI is InChI=1S/C24H26O6/c1-4-20(24(12-13-24)23(26)27)30-21-17(9-11-19(28-2)22(21)29-3)14-6-5-7-16-15(14)8-10-18(16)25/h5-7,9,11,20H,4,8,10,12-13H2,1-3H3,(H,26,27)/i3D3. The van der Waals surface area contributed by atoms with Crippen LogP contribution in [-0.2, 0) is 11.2 Å². The number of carboxylic acids is 1. The second-order valence-electron chi connectivity index (χ2n) is 7.81. The van der Waals surface area contributed by atoms with Gasteiger partial charge in [-0.05, 0) is 48.9 Å². The SMILES string of the molecule is [2H]C([2H])([2H])Oc1c(OC)ccc(-c2cccc3c2CCC3=O)c1OC(CC)C1(C(=O)O)CC1. The number of hydrogen-bond acceptors (Lipinski definition) is 5. The lowest BCUT2D eigenvalue weighted by molar-refractivity contribution is -0.147. The molecule has 2 aromatic rings. The van der Waals surface area contributed by atoms with Crippen LogP contribution in [0.15, 0.2) is 30.3 Å². The molecule has 1 N–H and O–H groups in total. The summed E-state index contributed by atoms with van der Waals surface area (Å²) >= 11 is 0. The molecular formula is C24H26O6. The molecule has 2 aromatic carbocycles. The molecule has 158 valence electrons. The maximum Gasteiger partial charge on any atom is 0.313 e. The summed E-state index contributed by atoms with van der Waals surface area (Å²) in [5.41, 5.74) is 1.71. The van der Waals surface area contributed by atoms with Crippen LogP contribution < -0.4 is 14.2 Å². The number of benzene rings is 2. The van der Waals surface area contributed by atoms with Crippen molar-refractivity contribution in [1.29, 1.82) is 0 Å². The molecule has 6 heteroatoms. The van der Waals surface area contributed by atoms with Crippen LogP contribution in [0.2, 0.25) is 0 Å². The normalized spacial score (nSPS) is 19.1. The lowest BCUT2D eigenvalue weighted by Gasteiger charge is -2.27. The number of fused-ring (bicyclic) bond motifs is 1. The molecule has 0 saturated heterocycles. The van der Waals surface area contributed by atoms with Crippen molar-refractivity contribution in [2.24, 2.45) is 5.41 Å². The highest BCUT2D eigenvalue weighted by molar-refractivity contribution is 6.02. The first-order chi connectivity index (χ1) is 15.6. The summed E-state index contributed by atoms with van der Waals surface area (Å²) in [4.78, 5) is 24.3. The highest BCUT2D eigenvalue weighted by Crippen LogP contribution is 2.54. The lowest BCUT2D eigenvalue weighted by atomic mass is 9.94. The van der Waals surface area contributed by atoms with Crippen LogP contribution in [0, 0.1) is 5.41 Å². The predicted molar refractivity (Wildman–Crippen MR) is 112 cm³/mol. The Kier molecular flexibility index (Phi) is 4.28. The molecule has 1 fully saturated rings. The fourth-order valence-corrected chi connectivity index (χ4v) is 4.41. The fraction of sp³-hybridized carbons (Fsp3) is 0.417. The predicted octanol–water partition coefficient (Wildman–Crippen LogP) is 4.52. The number of ether oxygens (including phenoxy) is 3. The molecular weight excluding hydrogens is 384 g/mol. The molecule has 0 aliphatic heterocycles. The van der Waals surface area contributed by atoms with Gasteiger partial charge in [-0.3, -0.25) is 9.59 Å². The molecule has 2 aliphatic carbocycles. The lowest BCUT2D eigenvalue weighted by Crippen LogP contribution is -2.34. The van der Waals surface area contributed by atoms with Crippen molar-refractivity contribution in [1.82, 2.24) is 0 Å². The average Bonchev–Trinajstić information content (AvgIpc) is 3.49. The molecule has 0 bridgehead atoms. The molecule has 1 saturated carbocycles. The molecule has 6 nitrogen and oxygen atoms in total. The van der Waals surface area contributed by atoms with Crippen molar-refractivity contribution in [3.05, 3.63) is 41.5 Å². The van der Waals surface area contributed by atoms with E-state index in [1.807, 2.05) is 13.0 Å². The molecule has 0 radical (unpaired) electrons. The van der Waals surface area contributed by atoms with Gasteiger partial charge in [0.15, 0.2) is 17.3 Å². The Morgan fingerprint density at radius 1 is 1.13 bits per heavy atom. The smallest absolute Gasteiger partial charge is 0.313 e. The van der Waals surface area contributed by atoms with Gasteiger partial charge in [-0.25, -0.2) is 0 Å². The third-order valence-electron chi connectivity index (χ3n) is 6.23. The third kappa shape index (κ3) is 3.11. The Bertz CT molecular complexity index is 1100. The molecule has 2 aliphatic rings. The molecule has 4 rings (SSSR count). The zero-order valence-corrected chi connectivity index (χ0v) is 17.0. The average molecular weight is 413 g/mol. The molecule has 1 atom stereocenters. The Labute approximate surface area is 180 Å². The monoisotopic (exact) mass is 413 g/mol. The van der Waals surface area contributed by atoms with E-state index in [0.717, 1.165) is 11.1 Å². The summed E-state index contributed by atoms with van der Waals surface area (Å²) in [7, 11) is -1.40. The highest BCUT2D eigenvalue weighted by atomic mass is 16.5. The van der Waals surface area contributed by atoms with Gasteiger partial charge in [-0.1, -0.05) is 25.1 Å². The van der Waals surface area contributed by atoms with Crippen LogP contribution in [0.4, 0.5) is 0 Å². The van der Waals surface area contributed by atoms with Crippen molar-refractivity contribution in [2.45, 2.75) is 45.1 Å². The number of Topliss-reactive ketones (excluding diaryl/α,β-unsaturated/α-hetero) is 1. The molecule has 0 amide bonds. The highest BCUT2D eigenvalue weighted by Gasteiger charge is 2.57. The first kappa shape index (κ1) is 16.7. The number of hydrogen-bond donors (Lipinski definition) is 1. The van der Waals surface area contributed by atoms with Crippen molar-refractivity contribution >= 4 is 11.8 Å². The van der Waals surface area contributed by atoms with Gasteiger partial charge in [0.2, 0.25) is 5.75 Å². The molecule has 0 aromatic heterocycles. The van der Waals surface area contributed by atoms with Gasteiger partial charge in [-0.15, -0.1) is 0 Å². The molecule has 1 unspecified atom stereocenters. The van der Waals surface area contributed by atoms with Crippen LogP contribution >= 0.6 is 0 Å². The second-order valence-corrected chi connectivity index (χ2v) is 7.81. The topological polar surface area (TPSA) is 82.1 Å². The zero-order valence-electron chi connectivity index (χ0n) is 20.0. The minimum Gasteiger partial charge on any atom is -0.493 e. The first-order valence-corrected chi connectivity index (χ1v) is 10.1. The van der Waals surface area contributed by atoms with Crippen molar-refractivity contribution in [3.8, 4) is 28.4 Å². The summed E-state index contributed by atoms with van der Waals surface area (Å²) in [6.07, 6.45) is 1.62. The number of rotatable bonds is 8. The molecule has 30 heavy (non-hydrogen) atoms. The van der Waals surface area contributed by atoms with Crippen molar-refractivity contribution in [3.63, 3.8) is 0 Å². The summed E-state index contributed by atoms with van der Waals surface area (Å²) in [5.74, 6) is -0.739. The van der Waals surface area contributed by atoms with E-state index in [0.29, 0.717) is 43.2 Å². The number of carbonyl (C=O) groups excluding carboxylic acids is 1. The Balaban J connectivity index is 1.92. The van der Waals surface area contributed by atoms with E-state index >= 15 is 0 Å². The van der Waals surface area contributed by atoms with Crippen LogP contribution in [0.5, 0.6) is 17.2 Å². The van der Waals surface area contributed by atoms with E-state index < -0.39 is 24.5 Å². The Hall–Kier alpha value is -3.02. The van der Waals surface area contributed by atoms with Gasteiger partial charge in [0.1, 0.15) is 11.5 Å². The number of methoxy groups -OCH3 is 2. The minimum atomic E-state index is -2.79. The van der Waals surface area contributed by atoms with Crippen molar-refractivity contribution < 1.29 is 33.0 Å². The van der Waals surface area contributed by atoms with E-state index in [-0.39, 0.29) is 23.0 Å². The summed E-state index contributed by atoms with van der Waals surface area (Å²) in [6, 6.07) is 8.70. The third-order valence-corrected chi connectivity index (χ3v) is 6.23. The van der Waals surface area contributed by atoms with E-state index in [9.17, 15) is 14.7 Å². The first-order valence-electron chi connectivity index (χ1n) is 11.6. The minimum absolute atomic E-state index is 0.0519. The maximum atomic E-state index is 12.3. The van der Waals surface area contributed by atoms with E-state index in [4.69, 9.17) is 18.3 Å². The van der Waals surface area contributed by atoms with E-state index in [2.05, 4.69) is 0 Å². The maximum absolute atomic E-state index is 12.3. The molecule has 0 heterocycles. The number of ketones is 1. The van der Waals surface area contributed by atoms with Crippen LogP contribution in [0.1, 0.15) is 52.6 Å². The number of aliphatic carboxylic acids is 1. The van der Waals surface area contributed by atoms with Gasteiger partial charge in [0, 0.05) is 17.5 Å². The summed E-state index contributed by atoms with van der Waals surface area (Å²) in [6.45, 7) is 1.83. The summed E-state index contributed by atoms with van der Waals surface area (Å²) in [5, 5.41) is 9.82. The van der Waals surface area contributed by atoms with Crippen molar-refractivity contribution in [2.75, 3.05) is 14.1 Å². The van der Waals surface area contributed by atoms with Gasteiger partial charge in [0.25, 0.3) is 0 Å². The van der Waals surface area contributed by atoms with Crippen LogP contribution in [0.25, 0.3) is 11.1 Å².